The molecule has 0 fully saturated rings. The Labute approximate surface area is 98.1 Å². The zero-order chi connectivity index (χ0) is 12.0. The number of Topliss-reactive ketones (excluding diaryl/α,β-unsaturated/α-hetero) is 1. The zero-order valence-corrected chi connectivity index (χ0v) is 10.4. The van der Waals surface area contributed by atoms with Crippen molar-refractivity contribution in [1.29, 1.82) is 0 Å². The van der Waals surface area contributed by atoms with Gasteiger partial charge >= 0.3 is 0 Å². The van der Waals surface area contributed by atoms with Crippen LogP contribution in [0, 0.1) is 0 Å². The average Bonchev–Trinajstić information content (AvgIpc) is 2.28. The van der Waals surface area contributed by atoms with Gasteiger partial charge in [0.05, 0.1) is 6.04 Å². The third-order valence-corrected chi connectivity index (χ3v) is 2.49. The maximum absolute atomic E-state index is 12.2. The van der Waals surface area contributed by atoms with Crippen molar-refractivity contribution >= 4 is 5.78 Å². The minimum atomic E-state index is -0.0487. The Morgan fingerprint density at radius 3 is 2.38 bits per heavy atom. The van der Waals surface area contributed by atoms with E-state index in [1.54, 1.807) is 0 Å². The van der Waals surface area contributed by atoms with Crippen LogP contribution in [0.15, 0.2) is 30.3 Å². The lowest BCUT2D eigenvalue weighted by atomic mass is 10.00. The van der Waals surface area contributed by atoms with Crippen LogP contribution >= 0.6 is 0 Å². The molecule has 0 aliphatic heterocycles. The van der Waals surface area contributed by atoms with E-state index in [2.05, 4.69) is 26.1 Å². The maximum atomic E-state index is 12.2. The van der Waals surface area contributed by atoms with E-state index in [-0.39, 0.29) is 11.8 Å². The largest absolute Gasteiger partial charge is 0.305 e. The van der Waals surface area contributed by atoms with Gasteiger partial charge in [-0.05, 0) is 6.42 Å². The zero-order valence-electron chi connectivity index (χ0n) is 10.4. The van der Waals surface area contributed by atoms with Crippen molar-refractivity contribution in [2.45, 2.75) is 45.7 Å². The number of carbonyl (C=O) groups is 1. The number of hydrogen-bond acceptors (Lipinski definition) is 2. The Kier molecular flexibility index (Phi) is 5.20. The number of benzene rings is 1. The van der Waals surface area contributed by atoms with Crippen molar-refractivity contribution in [1.82, 2.24) is 5.32 Å². The lowest BCUT2D eigenvalue weighted by Gasteiger charge is -2.19. The second-order valence-electron chi connectivity index (χ2n) is 4.39. The van der Waals surface area contributed by atoms with Crippen molar-refractivity contribution in [3.8, 4) is 0 Å². The molecule has 0 saturated heterocycles. The summed E-state index contributed by atoms with van der Waals surface area (Å²) in [7, 11) is 0. The summed E-state index contributed by atoms with van der Waals surface area (Å²) in [6, 6.07) is 9.80. The minimum absolute atomic E-state index is 0.0487. The summed E-state index contributed by atoms with van der Waals surface area (Å²) >= 11 is 0. The molecular formula is C14H21NO. The average molecular weight is 219 g/mol. The minimum Gasteiger partial charge on any atom is -0.305 e. The molecule has 16 heavy (non-hydrogen) atoms. The van der Waals surface area contributed by atoms with Gasteiger partial charge < -0.3 is 5.32 Å². The van der Waals surface area contributed by atoms with Crippen LogP contribution in [-0.2, 0) is 0 Å². The summed E-state index contributed by atoms with van der Waals surface area (Å²) in [5, 5.41) is 3.33. The Hall–Kier alpha value is -1.15. The van der Waals surface area contributed by atoms with Crippen LogP contribution in [0.2, 0.25) is 0 Å². The lowest BCUT2D eigenvalue weighted by molar-refractivity contribution is 0.0932. The van der Waals surface area contributed by atoms with E-state index in [1.807, 2.05) is 30.3 Å². The normalized spacial score (nSPS) is 12.8. The predicted octanol–water partition coefficient (Wildman–Crippen LogP) is 3.04. The van der Waals surface area contributed by atoms with Crippen LogP contribution < -0.4 is 5.32 Å². The highest BCUT2D eigenvalue weighted by atomic mass is 16.1. The number of nitrogens with one attached hydrogen (secondary N) is 1. The molecule has 1 N–H and O–H groups in total. The SMILES string of the molecule is CCCC(NC(C)C)C(=O)c1ccccc1. The van der Waals surface area contributed by atoms with Crippen molar-refractivity contribution in [2.24, 2.45) is 0 Å². The molecule has 1 rings (SSSR count). The van der Waals surface area contributed by atoms with E-state index in [0.29, 0.717) is 6.04 Å². The Morgan fingerprint density at radius 1 is 1.25 bits per heavy atom. The van der Waals surface area contributed by atoms with Gasteiger partial charge in [-0.15, -0.1) is 0 Å². The van der Waals surface area contributed by atoms with Gasteiger partial charge in [0.2, 0.25) is 0 Å². The molecule has 0 aliphatic rings. The number of carbonyl (C=O) groups excluding carboxylic acids is 1. The molecule has 1 aromatic carbocycles. The first-order valence-electron chi connectivity index (χ1n) is 6.00. The fraction of sp³-hybridized carbons (Fsp3) is 0.500. The molecule has 0 saturated carbocycles. The summed E-state index contributed by atoms with van der Waals surface area (Å²) in [6.07, 6.45) is 1.91. The highest BCUT2D eigenvalue weighted by Crippen LogP contribution is 2.08. The smallest absolute Gasteiger partial charge is 0.179 e. The van der Waals surface area contributed by atoms with Gasteiger partial charge in [-0.1, -0.05) is 57.5 Å². The lowest BCUT2D eigenvalue weighted by Crippen LogP contribution is -2.40. The fourth-order valence-corrected chi connectivity index (χ4v) is 1.78. The summed E-state index contributed by atoms with van der Waals surface area (Å²) in [4.78, 5) is 12.2. The molecule has 88 valence electrons. The second-order valence-corrected chi connectivity index (χ2v) is 4.39. The second kappa shape index (κ2) is 6.44. The quantitative estimate of drug-likeness (QED) is 0.745. The highest BCUT2D eigenvalue weighted by Gasteiger charge is 2.19. The van der Waals surface area contributed by atoms with Gasteiger partial charge in [-0.2, -0.15) is 0 Å². The van der Waals surface area contributed by atoms with Gasteiger partial charge in [-0.3, -0.25) is 4.79 Å². The van der Waals surface area contributed by atoms with E-state index >= 15 is 0 Å². The first-order valence-corrected chi connectivity index (χ1v) is 6.00. The van der Waals surface area contributed by atoms with E-state index in [1.165, 1.54) is 0 Å². The summed E-state index contributed by atoms with van der Waals surface area (Å²) in [5.41, 5.74) is 0.800. The highest BCUT2D eigenvalue weighted by molar-refractivity contribution is 6.00. The summed E-state index contributed by atoms with van der Waals surface area (Å²) in [5.74, 6) is 0.205. The molecule has 2 nitrogen and oxygen atoms in total. The van der Waals surface area contributed by atoms with Crippen molar-refractivity contribution in [3.63, 3.8) is 0 Å². The van der Waals surface area contributed by atoms with Gasteiger partial charge in [0, 0.05) is 11.6 Å². The van der Waals surface area contributed by atoms with Crippen LogP contribution in [0.1, 0.15) is 44.0 Å². The van der Waals surface area contributed by atoms with E-state index in [0.717, 1.165) is 18.4 Å². The third kappa shape index (κ3) is 3.78. The first kappa shape index (κ1) is 12.9. The maximum Gasteiger partial charge on any atom is 0.179 e. The molecule has 1 aromatic rings. The molecule has 0 bridgehead atoms. The molecule has 1 atom stereocenters. The Morgan fingerprint density at radius 2 is 1.88 bits per heavy atom. The Bertz CT molecular complexity index is 319. The number of ketones is 1. The molecule has 0 radical (unpaired) electrons. The van der Waals surface area contributed by atoms with Crippen molar-refractivity contribution < 1.29 is 4.79 Å². The van der Waals surface area contributed by atoms with Gasteiger partial charge in [0.15, 0.2) is 5.78 Å². The van der Waals surface area contributed by atoms with Crippen LogP contribution in [0.4, 0.5) is 0 Å². The molecule has 0 amide bonds. The van der Waals surface area contributed by atoms with Crippen LogP contribution in [0.5, 0.6) is 0 Å². The number of rotatable bonds is 6. The molecule has 2 heteroatoms. The predicted molar refractivity (Wildman–Crippen MR) is 67.7 cm³/mol. The summed E-state index contributed by atoms with van der Waals surface area (Å²) < 4.78 is 0. The monoisotopic (exact) mass is 219 g/mol. The van der Waals surface area contributed by atoms with E-state index in [9.17, 15) is 4.79 Å². The summed E-state index contributed by atoms with van der Waals surface area (Å²) in [6.45, 7) is 6.25. The Balaban J connectivity index is 2.74. The van der Waals surface area contributed by atoms with Gasteiger partial charge in [0.1, 0.15) is 0 Å². The fourth-order valence-electron chi connectivity index (χ4n) is 1.78. The molecule has 0 spiro atoms. The third-order valence-electron chi connectivity index (χ3n) is 2.49. The van der Waals surface area contributed by atoms with Gasteiger partial charge in [0.25, 0.3) is 0 Å². The molecule has 0 heterocycles. The van der Waals surface area contributed by atoms with Gasteiger partial charge in [-0.25, -0.2) is 0 Å². The topological polar surface area (TPSA) is 29.1 Å². The standard InChI is InChI=1S/C14H21NO/c1-4-8-13(15-11(2)3)14(16)12-9-6-5-7-10-12/h5-7,9-11,13,15H,4,8H2,1-3H3. The van der Waals surface area contributed by atoms with Crippen LogP contribution in [-0.4, -0.2) is 17.9 Å². The van der Waals surface area contributed by atoms with Crippen LogP contribution in [0.25, 0.3) is 0 Å². The van der Waals surface area contributed by atoms with E-state index in [4.69, 9.17) is 0 Å². The molecular weight excluding hydrogens is 198 g/mol. The van der Waals surface area contributed by atoms with E-state index < -0.39 is 0 Å². The number of hydrogen-bond donors (Lipinski definition) is 1. The van der Waals surface area contributed by atoms with Crippen molar-refractivity contribution in [2.75, 3.05) is 0 Å². The first-order chi connectivity index (χ1) is 7.65. The molecule has 1 unspecified atom stereocenters. The van der Waals surface area contributed by atoms with Crippen LogP contribution in [0.3, 0.4) is 0 Å². The van der Waals surface area contributed by atoms with Crippen molar-refractivity contribution in [3.05, 3.63) is 35.9 Å². The molecule has 0 aromatic heterocycles. The molecule has 0 aliphatic carbocycles.